The van der Waals surface area contributed by atoms with Crippen LogP contribution in [0.2, 0.25) is 0 Å². The van der Waals surface area contributed by atoms with Gasteiger partial charge in [0, 0.05) is 5.57 Å². The summed E-state index contributed by atoms with van der Waals surface area (Å²) in [4.78, 5) is 11.1. The fourth-order valence-electron chi connectivity index (χ4n) is 1.48. The van der Waals surface area contributed by atoms with Crippen molar-refractivity contribution in [1.82, 2.24) is 0 Å². The maximum absolute atomic E-state index is 11.1. The molecule has 3 nitrogen and oxygen atoms in total. The van der Waals surface area contributed by atoms with E-state index in [0.29, 0.717) is 12.0 Å². The lowest BCUT2D eigenvalue weighted by atomic mass is 10.1. The highest BCUT2D eigenvalue weighted by molar-refractivity contribution is 14.1. The zero-order valence-corrected chi connectivity index (χ0v) is 14.2. The summed E-state index contributed by atoms with van der Waals surface area (Å²) >= 11 is 4.07. The molecule has 0 aliphatic carbocycles. The molecule has 0 atom stereocenters. The fraction of sp³-hybridized carbons (Fsp3) is 0.308. The van der Waals surface area contributed by atoms with E-state index in [9.17, 15) is 9.90 Å². The van der Waals surface area contributed by atoms with Crippen LogP contribution in [0.3, 0.4) is 0 Å². The minimum absolute atomic E-state index is 0.249. The van der Waals surface area contributed by atoms with Crippen LogP contribution in [-0.2, 0) is 4.79 Å². The summed E-state index contributed by atoms with van der Waals surface area (Å²) in [6.07, 6.45) is 4.08. The fourth-order valence-corrected chi connectivity index (χ4v) is 3.29. The second-order valence-corrected chi connectivity index (χ2v) is 6.24. The lowest BCUT2D eigenvalue weighted by Crippen LogP contribution is -2.00. The van der Waals surface area contributed by atoms with Crippen LogP contribution in [0.5, 0.6) is 5.75 Å². The zero-order valence-electron chi connectivity index (χ0n) is 9.91. The second-order valence-electron chi connectivity index (χ2n) is 3.91. The van der Waals surface area contributed by atoms with Crippen molar-refractivity contribution >= 4 is 57.2 Å². The van der Waals surface area contributed by atoms with Crippen LogP contribution in [0, 0.1) is 7.14 Å². The van der Waals surface area contributed by atoms with Gasteiger partial charge in [-0.1, -0.05) is 13.3 Å². The van der Waals surface area contributed by atoms with Gasteiger partial charge in [0.05, 0.1) is 7.14 Å². The molecule has 5 heteroatoms. The lowest BCUT2D eigenvalue weighted by Gasteiger charge is -2.05. The van der Waals surface area contributed by atoms with Crippen LogP contribution in [0.15, 0.2) is 17.7 Å². The van der Waals surface area contributed by atoms with Gasteiger partial charge in [-0.05, 0) is 81.8 Å². The number of unbranched alkanes of at least 4 members (excludes halogenated alkanes) is 1. The predicted molar refractivity (Wildman–Crippen MR) is 88.7 cm³/mol. The second kappa shape index (κ2) is 7.32. The van der Waals surface area contributed by atoms with Gasteiger partial charge in [0.1, 0.15) is 5.75 Å². The van der Waals surface area contributed by atoms with Gasteiger partial charge in [-0.15, -0.1) is 0 Å². The van der Waals surface area contributed by atoms with Crippen molar-refractivity contribution < 1.29 is 15.0 Å². The Labute approximate surface area is 134 Å². The zero-order chi connectivity index (χ0) is 13.7. The first-order valence-electron chi connectivity index (χ1n) is 5.57. The lowest BCUT2D eigenvalue weighted by molar-refractivity contribution is -0.132. The van der Waals surface area contributed by atoms with Crippen LogP contribution >= 0.6 is 45.2 Å². The van der Waals surface area contributed by atoms with Crippen LogP contribution in [0.1, 0.15) is 31.7 Å². The minimum Gasteiger partial charge on any atom is -0.506 e. The third kappa shape index (κ3) is 4.42. The minimum atomic E-state index is -0.874. The van der Waals surface area contributed by atoms with Gasteiger partial charge in [-0.2, -0.15) is 0 Å². The number of benzene rings is 1. The van der Waals surface area contributed by atoms with Gasteiger partial charge in [0.2, 0.25) is 0 Å². The summed E-state index contributed by atoms with van der Waals surface area (Å²) in [6.45, 7) is 2.03. The number of phenols is 1. The van der Waals surface area contributed by atoms with Crippen LogP contribution in [0.25, 0.3) is 6.08 Å². The highest BCUT2D eigenvalue weighted by atomic mass is 127. The Morgan fingerprint density at radius 1 is 1.33 bits per heavy atom. The maximum Gasteiger partial charge on any atom is 0.331 e. The highest BCUT2D eigenvalue weighted by Gasteiger charge is 2.09. The molecule has 0 aromatic heterocycles. The number of hydrogen-bond acceptors (Lipinski definition) is 2. The van der Waals surface area contributed by atoms with E-state index in [4.69, 9.17) is 5.11 Å². The number of carboxylic acids is 1. The molecule has 18 heavy (non-hydrogen) atoms. The van der Waals surface area contributed by atoms with E-state index in [1.165, 1.54) is 0 Å². The molecule has 0 bridgehead atoms. The molecule has 0 saturated carbocycles. The van der Waals surface area contributed by atoms with Crippen LogP contribution in [0.4, 0.5) is 0 Å². The number of carbonyl (C=O) groups is 1. The number of aliphatic carboxylic acids is 1. The smallest absolute Gasteiger partial charge is 0.331 e. The molecule has 98 valence electrons. The molecule has 0 heterocycles. The molecular formula is C13H14I2O3. The van der Waals surface area contributed by atoms with Gasteiger partial charge >= 0.3 is 5.97 Å². The molecule has 0 spiro atoms. The standard InChI is InChI=1S/C13H14I2O3/c1-2-3-4-9(13(17)18)5-8-6-10(14)12(16)11(15)7-8/h5-7,16H,2-4H2,1H3,(H,17,18). The summed E-state index contributed by atoms with van der Waals surface area (Å²) in [6, 6.07) is 3.57. The maximum atomic E-state index is 11.1. The van der Waals surface area contributed by atoms with Crippen molar-refractivity contribution in [1.29, 1.82) is 0 Å². The number of phenolic OH excluding ortho intramolecular Hbond substituents is 1. The molecule has 0 amide bonds. The Kier molecular flexibility index (Phi) is 6.40. The average Bonchev–Trinajstić information content (AvgIpc) is 2.30. The molecule has 0 fully saturated rings. The summed E-state index contributed by atoms with van der Waals surface area (Å²) in [5.41, 5.74) is 1.23. The normalized spacial score (nSPS) is 11.6. The number of aromatic hydroxyl groups is 1. The molecule has 2 N–H and O–H groups in total. The van der Waals surface area contributed by atoms with E-state index >= 15 is 0 Å². The SMILES string of the molecule is CCCCC(=Cc1cc(I)c(O)c(I)c1)C(=O)O. The van der Waals surface area contributed by atoms with E-state index in [0.717, 1.165) is 25.5 Å². The van der Waals surface area contributed by atoms with Crippen LogP contribution < -0.4 is 0 Å². The first kappa shape index (κ1) is 15.7. The van der Waals surface area contributed by atoms with E-state index in [1.54, 1.807) is 18.2 Å². The monoisotopic (exact) mass is 472 g/mol. The van der Waals surface area contributed by atoms with E-state index in [-0.39, 0.29) is 5.75 Å². The van der Waals surface area contributed by atoms with Gasteiger partial charge in [-0.3, -0.25) is 0 Å². The Hall–Kier alpha value is -0.310. The van der Waals surface area contributed by atoms with Crippen molar-refractivity contribution in [3.63, 3.8) is 0 Å². The van der Waals surface area contributed by atoms with E-state index in [2.05, 4.69) is 0 Å². The molecule has 1 aromatic carbocycles. The number of rotatable bonds is 5. The van der Waals surface area contributed by atoms with Gasteiger partial charge in [-0.25, -0.2) is 4.79 Å². The Morgan fingerprint density at radius 2 is 1.89 bits per heavy atom. The summed E-state index contributed by atoms with van der Waals surface area (Å²) in [7, 11) is 0. The van der Waals surface area contributed by atoms with Crippen LogP contribution in [-0.4, -0.2) is 16.2 Å². The number of hydrogen-bond donors (Lipinski definition) is 2. The Balaban J connectivity index is 3.08. The third-order valence-electron chi connectivity index (χ3n) is 2.45. The topological polar surface area (TPSA) is 57.5 Å². The van der Waals surface area contributed by atoms with Gasteiger partial charge in [0.15, 0.2) is 0 Å². The Bertz CT molecular complexity index is 458. The van der Waals surface area contributed by atoms with E-state index < -0.39 is 5.97 Å². The molecule has 0 saturated heterocycles. The molecule has 0 radical (unpaired) electrons. The quantitative estimate of drug-likeness (QED) is 0.498. The molecule has 0 aliphatic rings. The number of halogens is 2. The largest absolute Gasteiger partial charge is 0.506 e. The first-order valence-corrected chi connectivity index (χ1v) is 7.73. The van der Waals surface area contributed by atoms with Crippen molar-refractivity contribution in [3.8, 4) is 5.75 Å². The van der Waals surface area contributed by atoms with Gasteiger partial charge < -0.3 is 10.2 Å². The predicted octanol–water partition coefficient (Wildman–Crippen LogP) is 4.26. The summed E-state index contributed by atoms with van der Waals surface area (Å²) < 4.78 is 1.46. The van der Waals surface area contributed by atoms with Gasteiger partial charge in [0.25, 0.3) is 0 Å². The molecule has 0 aliphatic heterocycles. The molecule has 1 rings (SSSR count). The van der Waals surface area contributed by atoms with Crippen molar-refractivity contribution in [2.45, 2.75) is 26.2 Å². The average molecular weight is 472 g/mol. The number of carboxylic acid groups (broad SMARTS) is 1. The van der Waals surface area contributed by atoms with Crippen molar-refractivity contribution in [3.05, 3.63) is 30.4 Å². The first-order chi connectivity index (χ1) is 8.45. The molecule has 1 aromatic rings. The summed E-state index contributed by atoms with van der Waals surface area (Å²) in [5.74, 6) is -0.625. The molecule has 0 unspecified atom stereocenters. The van der Waals surface area contributed by atoms with E-state index in [1.807, 2.05) is 52.1 Å². The van der Waals surface area contributed by atoms with Crippen molar-refractivity contribution in [2.24, 2.45) is 0 Å². The highest BCUT2D eigenvalue weighted by Crippen LogP contribution is 2.28. The van der Waals surface area contributed by atoms with Crippen molar-refractivity contribution in [2.75, 3.05) is 0 Å². The third-order valence-corrected chi connectivity index (χ3v) is 4.10. The molecular weight excluding hydrogens is 458 g/mol. The summed E-state index contributed by atoms with van der Waals surface area (Å²) in [5, 5.41) is 18.8. The Morgan fingerprint density at radius 3 is 2.33 bits per heavy atom.